The Morgan fingerprint density at radius 2 is 1.00 bits per heavy atom. The zero-order valence-electron chi connectivity index (χ0n) is 25.9. The quantitative estimate of drug-likeness (QED) is 0.179. The summed E-state index contributed by atoms with van der Waals surface area (Å²) in [5.74, 6) is 0. The van der Waals surface area contributed by atoms with Gasteiger partial charge in [-0.2, -0.15) is 0 Å². The molecule has 0 N–H and O–H groups in total. The number of hydrogen-bond donors (Lipinski definition) is 0. The summed E-state index contributed by atoms with van der Waals surface area (Å²) in [5, 5.41) is 11.7. The van der Waals surface area contributed by atoms with Crippen LogP contribution in [0.4, 0.5) is 0 Å². The van der Waals surface area contributed by atoms with Crippen LogP contribution in [0.25, 0.3) is 88.0 Å². The highest BCUT2D eigenvalue weighted by Gasteiger charge is 2.21. The highest BCUT2D eigenvalue weighted by Crippen LogP contribution is 2.41. The lowest BCUT2D eigenvalue weighted by Crippen LogP contribution is -2.04. The maximum absolute atomic E-state index is 2.54. The summed E-state index contributed by atoms with van der Waals surface area (Å²) in [6.07, 6.45) is 6.77. The van der Waals surface area contributed by atoms with E-state index in [-0.39, 0.29) is 0 Å². The van der Waals surface area contributed by atoms with Gasteiger partial charge in [-0.05, 0) is 97.1 Å². The molecule has 0 bridgehead atoms. The van der Waals surface area contributed by atoms with Crippen molar-refractivity contribution < 1.29 is 0 Å². The van der Waals surface area contributed by atoms with Gasteiger partial charge in [0.25, 0.3) is 0 Å². The fraction of sp³-hybridized carbons (Fsp3) is 0.0435. The lowest BCUT2D eigenvalue weighted by atomic mass is 9.92. The summed E-state index contributed by atoms with van der Waals surface area (Å²) in [6, 6.07) is 56.1. The van der Waals surface area contributed by atoms with E-state index in [1.807, 2.05) is 0 Å². The van der Waals surface area contributed by atoms with E-state index in [2.05, 4.69) is 168 Å². The Labute approximate surface area is 273 Å². The van der Waals surface area contributed by atoms with Crippen molar-refractivity contribution >= 4 is 60.1 Å². The highest BCUT2D eigenvalue weighted by atomic mass is 15.0. The fourth-order valence-corrected chi connectivity index (χ4v) is 8.03. The van der Waals surface area contributed by atoms with Gasteiger partial charge in [-0.25, -0.2) is 0 Å². The molecule has 0 radical (unpaired) electrons. The molecule has 47 heavy (non-hydrogen) atoms. The number of rotatable bonds is 3. The molecule has 8 aromatic carbocycles. The second-order valence-corrected chi connectivity index (χ2v) is 12.8. The molecule has 1 nitrogen and oxygen atoms in total. The van der Waals surface area contributed by atoms with Gasteiger partial charge in [-0.1, -0.05) is 140 Å². The third-order valence-electron chi connectivity index (χ3n) is 10.2. The summed E-state index contributed by atoms with van der Waals surface area (Å²) < 4.78 is 2.54. The lowest BCUT2D eigenvalue weighted by Gasteiger charge is -2.17. The third-order valence-corrected chi connectivity index (χ3v) is 10.2. The maximum atomic E-state index is 2.54. The second-order valence-electron chi connectivity index (χ2n) is 12.8. The highest BCUT2D eigenvalue weighted by molar-refractivity contribution is 6.14. The molecule has 0 atom stereocenters. The predicted molar refractivity (Wildman–Crippen MR) is 202 cm³/mol. The molecule has 220 valence electrons. The first kappa shape index (κ1) is 26.3. The number of fused-ring (bicyclic) bond motifs is 9. The van der Waals surface area contributed by atoms with Gasteiger partial charge in [0, 0.05) is 22.0 Å². The molecule has 0 fully saturated rings. The summed E-state index contributed by atoms with van der Waals surface area (Å²) in [7, 11) is 0. The van der Waals surface area contributed by atoms with Gasteiger partial charge in [-0.15, -0.1) is 0 Å². The lowest BCUT2D eigenvalue weighted by molar-refractivity contribution is 0.892. The van der Waals surface area contributed by atoms with Gasteiger partial charge in [0.1, 0.15) is 0 Å². The van der Waals surface area contributed by atoms with Crippen LogP contribution in [0.1, 0.15) is 17.7 Å². The van der Waals surface area contributed by atoms with Crippen molar-refractivity contribution in [3.05, 3.63) is 169 Å². The fourth-order valence-electron chi connectivity index (χ4n) is 8.03. The molecule has 1 heteroatoms. The SMILES string of the molecule is C1=Cc2c(n(-c3cc4ccccc4c4ccccc34)c3ccc(-c4ccc(-c5cc6ccccc6c6ccccc56)cc4)cc23)CC1. The zero-order valence-corrected chi connectivity index (χ0v) is 25.9. The van der Waals surface area contributed by atoms with Gasteiger partial charge in [-0.3, -0.25) is 0 Å². The second kappa shape index (κ2) is 10.3. The molecule has 10 rings (SSSR count). The van der Waals surface area contributed by atoms with Gasteiger partial charge in [0.2, 0.25) is 0 Å². The van der Waals surface area contributed by atoms with E-state index >= 15 is 0 Å². The molecule has 1 aliphatic carbocycles. The molecule has 0 saturated heterocycles. The van der Waals surface area contributed by atoms with Gasteiger partial charge in [0.05, 0.1) is 11.2 Å². The van der Waals surface area contributed by atoms with Crippen LogP contribution in [0, 0.1) is 0 Å². The van der Waals surface area contributed by atoms with E-state index in [0.717, 1.165) is 12.8 Å². The predicted octanol–water partition coefficient (Wildman–Crippen LogP) is 12.5. The maximum Gasteiger partial charge on any atom is 0.0543 e. The van der Waals surface area contributed by atoms with E-state index in [4.69, 9.17) is 0 Å². The largest absolute Gasteiger partial charge is 0.312 e. The van der Waals surface area contributed by atoms with Crippen LogP contribution in [0.15, 0.2) is 158 Å². The molecule has 1 heterocycles. The van der Waals surface area contributed by atoms with Crippen molar-refractivity contribution in [3.63, 3.8) is 0 Å². The molecule has 0 aliphatic heterocycles. The first-order valence-electron chi connectivity index (χ1n) is 16.6. The summed E-state index contributed by atoms with van der Waals surface area (Å²) >= 11 is 0. The van der Waals surface area contributed by atoms with E-state index in [9.17, 15) is 0 Å². The zero-order chi connectivity index (χ0) is 30.9. The van der Waals surface area contributed by atoms with Crippen LogP contribution in [0.2, 0.25) is 0 Å². The molecular weight excluding hydrogens is 567 g/mol. The Kier molecular flexibility index (Phi) is 5.77. The van der Waals surface area contributed by atoms with Crippen LogP contribution in [0.3, 0.4) is 0 Å². The van der Waals surface area contributed by atoms with E-state index in [0.29, 0.717) is 0 Å². The van der Waals surface area contributed by atoms with Crippen molar-refractivity contribution in [2.24, 2.45) is 0 Å². The molecule has 1 aliphatic rings. The number of hydrogen-bond acceptors (Lipinski definition) is 0. The Balaban J connectivity index is 1.13. The van der Waals surface area contributed by atoms with Crippen molar-refractivity contribution in [2.75, 3.05) is 0 Å². The Hall–Kier alpha value is -5.92. The average Bonchev–Trinajstić information content (AvgIpc) is 3.48. The number of aromatic nitrogens is 1. The monoisotopic (exact) mass is 597 g/mol. The first-order chi connectivity index (χ1) is 23.3. The topological polar surface area (TPSA) is 4.93 Å². The summed E-state index contributed by atoms with van der Waals surface area (Å²) in [5.41, 5.74) is 10.3. The molecule has 0 saturated carbocycles. The van der Waals surface area contributed by atoms with E-state index in [1.54, 1.807) is 0 Å². The number of allylic oxidation sites excluding steroid dienone is 1. The standard InChI is InChI=1S/C46H31N/c1-3-13-35-33(11-1)28-42(39-17-6-5-15-37(35)39)31-23-21-30(22-24-31)32-25-26-45-43(27-32)41-19-9-10-20-44(41)47(45)46-29-34-12-2-4-14-36(34)38-16-7-8-18-40(38)46/h1-9,11-19,21-29H,10,20H2. The van der Waals surface area contributed by atoms with Crippen LogP contribution < -0.4 is 0 Å². The third kappa shape index (κ3) is 4.03. The van der Waals surface area contributed by atoms with Crippen LogP contribution in [-0.2, 0) is 6.42 Å². The minimum atomic E-state index is 1.03. The van der Waals surface area contributed by atoms with Crippen LogP contribution in [0.5, 0.6) is 0 Å². The molecule has 1 aromatic heterocycles. The number of benzene rings is 8. The molecule has 0 amide bonds. The summed E-state index contributed by atoms with van der Waals surface area (Å²) in [4.78, 5) is 0. The van der Waals surface area contributed by atoms with Crippen molar-refractivity contribution in [1.29, 1.82) is 0 Å². The van der Waals surface area contributed by atoms with Gasteiger partial charge >= 0.3 is 0 Å². The normalized spacial score (nSPS) is 12.9. The van der Waals surface area contributed by atoms with Crippen LogP contribution in [-0.4, -0.2) is 4.57 Å². The smallest absolute Gasteiger partial charge is 0.0543 e. The van der Waals surface area contributed by atoms with E-state index < -0.39 is 0 Å². The van der Waals surface area contributed by atoms with Gasteiger partial charge in [0.15, 0.2) is 0 Å². The van der Waals surface area contributed by atoms with Crippen LogP contribution >= 0.6 is 0 Å². The molecule has 0 unspecified atom stereocenters. The minimum Gasteiger partial charge on any atom is -0.312 e. The van der Waals surface area contributed by atoms with Gasteiger partial charge < -0.3 is 4.57 Å². The van der Waals surface area contributed by atoms with Crippen molar-refractivity contribution in [1.82, 2.24) is 4.57 Å². The molecule has 9 aromatic rings. The molecule has 0 spiro atoms. The Bertz CT molecular complexity index is 2720. The van der Waals surface area contributed by atoms with E-state index in [1.165, 1.54) is 93.2 Å². The Morgan fingerprint density at radius 1 is 0.426 bits per heavy atom. The average molecular weight is 598 g/mol. The first-order valence-corrected chi connectivity index (χ1v) is 16.6. The number of nitrogens with zero attached hydrogens (tertiary/aromatic N) is 1. The van der Waals surface area contributed by atoms with Crippen molar-refractivity contribution in [3.8, 4) is 27.9 Å². The summed E-state index contributed by atoms with van der Waals surface area (Å²) in [6.45, 7) is 0. The van der Waals surface area contributed by atoms with Crippen molar-refractivity contribution in [2.45, 2.75) is 12.8 Å². The molecular formula is C46H31N. The minimum absolute atomic E-state index is 1.03. The Morgan fingerprint density at radius 3 is 1.74 bits per heavy atom.